The van der Waals surface area contributed by atoms with E-state index in [1.165, 1.54) is 0 Å². The summed E-state index contributed by atoms with van der Waals surface area (Å²) in [6, 6.07) is 19.4. The fraction of sp³-hybridized carbons (Fsp3) is 0. The molecule has 2 aromatic carbocycles. The van der Waals surface area contributed by atoms with Crippen LogP contribution in [0.5, 0.6) is 0 Å². The Bertz CT molecular complexity index is 376. The van der Waals surface area contributed by atoms with E-state index in [0.29, 0.717) is 0 Å². The fourth-order valence-corrected chi connectivity index (χ4v) is 1.10. The summed E-state index contributed by atoms with van der Waals surface area (Å²) in [5.74, 6) is 0. The summed E-state index contributed by atoms with van der Waals surface area (Å²) in [7, 11) is 0. The van der Waals surface area contributed by atoms with Crippen molar-refractivity contribution in [3.8, 4) is 0 Å². The molecule has 0 fully saturated rings. The van der Waals surface area contributed by atoms with Gasteiger partial charge < -0.3 is 1.43 Å². The van der Waals surface area contributed by atoms with Crippen molar-refractivity contribution in [2.24, 2.45) is 10.2 Å². The van der Waals surface area contributed by atoms with Crippen LogP contribution in [0.3, 0.4) is 0 Å². The molecule has 0 bridgehead atoms. The van der Waals surface area contributed by atoms with Gasteiger partial charge in [0.2, 0.25) is 0 Å². The maximum atomic E-state index is 4.10. The van der Waals surface area contributed by atoms with Crippen LogP contribution in [-0.4, -0.2) is 0 Å². The second kappa shape index (κ2) is 6.51. The Balaban J connectivity index is 0.00000112. The van der Waals surface area contributed by atoms with Gasteiger partial charge in [0, 0.05) is 0 Å². The van der Waals surface area contributed by atoms with E-state index >= 15 is 0 Å². The summed E-state index contributed by atoms with van der Waals surface area (Å²) >= 11 is 0. The first-order valence-electron chi connectivity index (χ1n) is 4.47. The van der Waals surface area contributed by atoms with Crippen molar-refractivity contribution in [3.05, 3.63) is 60.7 Å². The zero-order valence-electron chi connectivity index (χ0n) is 9.67. The van der Waals surface area contributed by atoms with Gasteiger partial charge in [-0.2, -0.15) is 10.2 Å². The number of benzene rings is 2. The maximum Gasteiger partial charge on any atom is 1.00 e. The van der Waals surface area contributed by atoms with E-state index in [2.05, 4.69) is 10.2 Å². The summed E-state index contributed by atoms with van der Waals surface area (Å²) in [5, 5.41) is 8.20. The van der Waals surface area contributed by atoms with Crippen LogP contribution in [0.15, 0.2) is 70.9 Å². The third-order valence-electron chi connectivity index (χ3n) is 1.79. The summed E-state index contributed by atoms with van der Waals surface area (Å²) in [5.41, 5.74) is 1.74. The molecule has 0 heterocycles. The van der Waals surface area contributed by atoms with Crippen LogP contribution in [0.2, 0.25) is 0 Å². The molecule has 0 saturated heterocycles. The van der Waals surface area contributed by atoms with Crippen LogP contribution < -0.4 is 29.6 Å². The minimum absolute atomic E-state index is 0. The second-order valence-corrected chi connectivity index (χ2v) is 2.87. The molecule has 3 heteroatoms. The van der Waals surface area contributed by atoms with Gasteiger partial charge in [-0.05, 0) is 24.3 Å². The molecule has 2 nitrogen and oxygen atoms in total. The quantitative estimate of drug-likeness (QED) is 0.521. The molecule has 0 saturated carbocycles. The molecule has 2 rings (SSSR count). The number of rotatable bonds is 2. The van der Waals surface area contributed by atoms with Crippen LogP contribution in [-0.2, 0) is 0 Å². The minimum Gasteiger partial charge on any atom is -1.00 e. The van der Waals surface area contributed by atoms with Crippen LogP contribution in [0.4, 0.5) is 11.4 Å². The van der Waals surface area contributed by atoms with Crippen LogP contribution in [0.25, 0.3) is 0 Å². The van der Waals surface area contributed by atoms with E-state index in [1.54, 1.807) is 0 Å². The molecular formula is C12H11N2Na. The average molecular weight is 206 g/mol. The topological polar surface area (TPSA) is 24.7 Å². The van der Waals surface area contributed by atoms with E-state index in [4.69, 9.17) is 0 Å². The Morgan fingerprint density at radius 2 is 0.933 bits per heavy atom. The van der Waals surface area contributed by atoms with Crippen molar-refractivity contribution < 1.29 is 31.0 Å². The Morgan fingerprint density at radius 1 is 0.600 bits per heavy atom. The molecule has 0 radical (unpaired) electrons. The molecule has 0 amide bonds. The van der Waals surface area contributed by atoms with Crippen molar-refractivity contribution in [3.63, 3.8) is 0 Å². The Labute approximate surface area is 113 Å². The fourth-order valence-electron chi connectivity index (χ4n) is 1.10. The summed E-state index contributed by atoms with van der Waals surface area (Å²) < 4.78 is 0. The van der Waals surface area contributed by atoms with E-state index in [1.807, 2.05) is 60.7 Å². The Hall–Kier alpha value is -0.960. The SMILES string of the molecule is [H-].[Na+].c1ccc(N=Nc2ccccc2)cc1. The normalized spacial score (nSPS) is 9.87. The number of hydrogen-bond acceptors (Lipinski definition) is 2. The number of azo groups is 1. The molecule has 0 aliphatic carbocycles. The number of hydrogen-bond donors (Lipinski definition) is 0. The minimum atomic E-state index is 0. The first-order chi connectivity index (χ1) is 6.95. The Morgan fingerprint density at radius 3 is 1.27 bits per heavy atom. The maximum absolute atomic E-state index is 4.10. The summed E-state index contributed by atoms with van der Waals surface area (Å²) in [6.07, 6.45) is 0. The third kappa shape index (κ3) is 3.96. The first-order valence-corrected chi connectivity index (χ1v) is 4.47. The largest absolute Gasteiger partial charge is 1.00 e. The van der Waals surface area contributed by atoms with Gasteiger partial charge in [-0.15, -0.1) is 0 Å². The Kier molecular flexibility index (Phi) is 5.26. The van der Waals surface area contributed by atoms with Gasteiger partial charge in [0.05, 0.1) is 11.4 Å². The molecule has 0 aliphatic heterocycles. The van der Waals surface area contributed by atoms with E-state index in [0.717, 1.165) is 11.4 Å². The van der Waals surface area contributed by atoms with E-state index in [9.17, 15) is 0 Å². The molecule has 0 N–H and O–H groups in total. The van der Waals surface area contributed by atoms with Gasteiger partial charge in [0.1, 0.15) is 0 Å². The molecular weight excluding hydrogens is 195 g/mol. The summed E-state index contributed by atoms with van der Waals surface area (Å²) in [6.45, 7) is 0. The molecule has 0 aromatic heterocycles. The van der Waals surface area contributed by atoms with Crippen molar-refractivity contribution in [2.75, 3.05) is 0 Å². The van der Waals surface area contributed by atoms with E-state index < -0.39 is 0 Å². The molecule has 0 aliphatic rings. The van der Waals surface area contributed by atoms with Crippen LogP contribution in [0.1, 0.15) is 1.43 Å². The monoisotopic (exact) mass is 206 g/mol. The summed E-state index contributed by atoms with van der Waals surface area (Å²) in [4.78, 5) is 0. The van der Waals surface area contributed by atoms with E-state index in [-0.39, 0.29) is 31.0 Å². The number of nitrogens with zero attached hydrogens (tertiary/aromatic N) is 2. The molecule has 0 spiro atoms. The molecule has 0 unspecified atom stereocenters. The first kappa shape index (κ1) is 12.1. The standard InChI is InChI=1S/C12H10N2.Na.H/c1-3-7-11(8-4-1)13-14-12-9-5-2-6-10-12;;/h1-10H;;/q;+1;-1. The van der Waals surface area contributed by atoms with Crippen molar-refractivity contribution in [2.45, 2.75) is 0 Å². The van der Waals surface area contributed by atoms with Gasteiger partial charge in [-0.25, -0.2) is 0 Å². The van der Waals surface area contributed by atoms with Gasteiger partial charge >= 0.3 is 29.6 Å². The molecule has 15 heavy (non-hydrogen) atoms. The van der Waals surface area contributed by atoms with Gasteiger partial charge in [-0.1, -0.05) is 36.4 Å². The molecule has 2 aromatic rings. The smallest absolute Gasteiger partial charge is 1.00 e. The zero-order chi connectivity index (χ0) is 9.64. The predicted molar refractivity (Wildman–Crippen MR) is 58.2 cm³/mol. The van der Waals surface area contributed by atoms with Gasteiger partial charge in [0.25, 0.3) is 0 Å². The predicted octanol–water partition coefficient (Wildman–Crippen LogP) is 1.22. The van der Waals surface area contributed by atoms with Gasteiger partial charge in [0.15, 0.2) is 0 Å². The average Bonchev–Trinajstić information content (AvgIpc) is 2.29. The molecule has 0 atom stereocenters. The van der Waals surface area contributed by atoms with Crippen molar-refractivity contribution in [1.29, 1.82) is 0 Å². The van der Waals surface area contributed by atoms with Crippen molar-refractivity contribution in [1.82, 2.24) is 0 Å². The van der Waals surface area contributed by atoms with Crippen LogP contribution >= 0.6 is 0 Å². The second-order valence-electron chi connectivity index (χ2n) is 2.87. The van der Waals surface area contributed by atoms with Crippen molar-refractivity contribution >= 4 is 11.4 Å². The zero-order valence-corrected chi connectivity index (χ0v) is 10.7. The molecule has 70 valence electrons. The third-order valence-corrected chi connectivity index (χ3v) is 1.79. The van der Waals surface area contributed by atoms with Crippen LogP contribution in [0, 0.1) is 0 Å². The van der Waals surface area contributed by atoms with Gasteiger partial charge in [-0.3, -0.25) is 0 Å².